The molecule has 0 saturated carbocycles. The third-order valence-corrected chi connectivity index (χ3v) is 3.64. The number of hydrogen-bond donors (Lipinski definition) is 1. The van der Waals surface area contributed by atoms with Crippen molar-refractivity contribution in [1.82, 2.24) is 15.2 Å². The number of aryl methyl sites for hydroxylation is 1. The van der Waals surface area contributed by atoms with E-state index in [4.69, 9.17) is 0 Å². The first-order valence-electron chi connectivity index (χ1n) is 7.15. The van der Waals surface area contributed by atoms with Crippen LogP contribution in [0.5, 0.6) is 0 Å². The number of nitrogens with one attached hydrogen (secondary N) is 1. The summed E-state index contributed by atoms with van der Waals surface area (Å²) in [6, 6.07) is 4.02. The molecule has 1 amide bonds. The highest BCUT2D eigenvalue weighted by Gasteiger charge is 2.20. The topological polar surface area (TPSA) is 45.2 Å². The number of piperidine rings is 1. The fourth-order valence-corrected chi connectivity index (χ4v) is 2.49. The van der Waals surface area contributed by atoms with Crippen molar-refractivity contribution in [3.63, 3.8) is 0 Å². The van der Waals surface area contributed by atoms with Crippen LogP contribution in [0.1, 0.15) is 42.2 Å². The molecule has 4 nitrogen and oxygen atoms in total. The van der Waals surface area contributed by atoms with E-state index in [2.05, 4.69) is 22.1 Å². The van der Waals surface area contributed by atoms with Crippen LogP contribution < -0.4 is 5.32 Å². The Balaban J connectivity index is 1.82. The number of amides is 1. The average Bonchev–Trinajstić information content (AvgIpc) is 2.42. The summed E-state index contributed by atoms with van der Waals surface area (Å²) >= 11 is 0. The highest BCUT2D eigenvalue weighted by atomic mass is 16.1. The van der Waals surface area contributed by atoms with E-state index in [0.29, 0.717) is 11.6 Å². The van der Waals surface area contributed by atoms with Crippen molar-refractivity contribution >= 4 is 5.91 Å². The minimum absolute atomic E-state index is 0.00133. The van der Waals surface area contributed by atoms with Gasteiger partial charge in [0.1, 0.15) is 0 Å². The summed E-state index contributed by atoms with van der Waals surface area (Å²) in [6.45, 7) is 7.47. The van der Waals surface area contributed by atoms with Gasteiger partial charge in [0.2, 0.25) is 0 Å². The lowest BCUT2D eigenvalue weighted by molar-refractivity contribution is 0.0911. The van der Waals surface area contributed by atoms with Crippen molar-refractivity contribution in [2.24, 2.45) is 0 Å². The maximum atomic E-state index is 12.1. The van der Waals surface area contributed by atoms with Gasteiger partial charge in [0.25, 0.3) is 5.91 Å². The minimum atomic E-state index is 0.00133. The number of aromatic nitrogens is 1. The third kappa shape index (κ3) is 4.03. The number of carbonyl (C=O) groups is 1. The van der Waals surface area contributed by atoms with Gasteiger partial charge in [-0.25, -0.2) is 0 Å². The van der Waals surface area contributed by atoms with Crippen LogP contribution in [0.4, 0.5) is 0 Å². The maximum Gasteiger partial charge on any atom is 0.253 e. The van der Waals surface area contributed by atoms with Crippen molar-refractivity contribution in [1.29, 1.82) is 0 Å². The Hall–Kier alpha value is -1.42. The van der Waals surface area contributed by atoms with Crippen molar-refractivity contribution in [2.45, 2.75) is 39.2 Å². The second-order valence-electron chi connectivity index (χ2n) is 5.28. The Bertz CT molecular complexity index is 408. The molecule has 19 heavy (non-hydrogen) atoms. The van der Waals surface area contributed by atoms with Crippen LogP contribution in [0.25, 0.3) is 0 Å². The predicted octanol–water partition coefficient (Wildman–Crippen LogP) is 1.99. The monoisotopic (exact) mass is 261 g/mol. The largest absolute Gasteiger partial charge is 0.349 e. The molecule has 1 aromatic heterocycles. The molecule has 0 aromatic carbocycles. The molecule has 0 atom stereocenters. The van der Waals surface area contributed by atoms with Crippen LogP contribution >= 0.6 is 0 Å². The van der Waals surface area contributed by atoms with Gasteiger partial charge in [-0.05, 0) is 44.9 Å². The average molecular weight is 261 g/mol. The van der Waals surface area contributed by atoms with Crippen LogP contribution in [-0.2, 0) is 0 Å². The van der Waals surface area contributed by atoms with E-state index in [1.165, 1.54) is 13.0 Å². The smallest absolute Gasteiger partial charge is 0.253 e. The molecule has 1 aliphatic heterocycles. The molecule has 1 aromatic rings. The summed E-state index contributed by atoms with van der Waals surface area (Å²) in [5.41, 5.74) is 1.59. The van der Waals surface area contributed by atoms with Gasteiger partial charge in [0.15, 0.2) is 0 Å². The molecule has 2 rings (SSSR count). The molecular weight excluding hydrogens is 238 g/mol. The molecule has 0 unspecified atom stereocenters. The van der Waals surface area contributed by atoms with E-state index < -0.39 is 0 Å². The molecule has 0 radical (unpaired) electrons. The Morgan fingerprint density at radius 3 is 2.74 bits per heavy atom. The lowest BCUT2D eigenvalue weighted by atomic mass is 10.0. The van der Waals surface area contributed by atoms with Gasteiger partial charge in [0, 0.05) is 31.0 Å². The van der Waals surface area contributed by atoms with Gasteiger partial charge < -0.3 is 10.2 Å². The molecule has 1 saturated heterocycles. The maximum absolute atomic E-state index is 12.1. The van der Waals surface area contributed by atoms with E-state index in [1.807, 2.05) is 19.1 Å². The van der Waals surface area contributed by atoms with Crippen LogP contribution in [0.15, 0.2) is 18.3 Å². The first-order valence-corrected chi connectivity index (χ1v) is 7.15. The second kappa shape index (κ2) is 6.66. The summed E-state index contributed by atoms with van der Waals surface area (Å²) in [4.78, 5) is 18.7. The summed E-state index contributed by atoms with van der Waals surface area (Å²) in [7, 11) is 0. The molecular formula is C15H23N3O. The number of nitrogens with zero attached hydrogens (tertiary/aromatic N) is 2. The van der Waals surface area contributed by atoms with Crippen molar-refractivity contribution < 1.29 is 4.79 Å². The molecule has 4 heteroatoms. The molecule has 0 bridgehead atoms. The summed E-state index contributed by atoms with van der Waals surface area (Å²) in [5.74, 6) is 0.00133. The highest BCUT2D eigenvalue weighted by Crippen LogP contribution is 2.11. The second-order valence-corrected chi connectivity index (χ2v) is 5.28. The van der Waals surface area contributed by atoms with Crippen LogP contribution in [0.2, 0.25) is 0 Å². The normalized spacial score (nSPS) is 17.4. The van der Waals surface area contributed by atoms with Crippen molar-refractivity contribution in [3.05, 3.63) is 29.6 Å². The van der Waals surface area contributed by atoms with E-state index >= 15 is 0 Å². The van der Waals surface area contributed by atoms with Gasteiger partial charge >= 0.3 is 0 Å². The van der Waals surface area contributed by atoms with E-state index in [1.54, 1.807) is 6.20 Å². The van der Waals surface area contributed by atoms with Crippen LogP contribution in [0.3, 0.4) is 0 Å². The molecule has 0 aliphatic carbocycles. The molecule has 1 N–H and O–H groups in total. The van der Waals surface area contributed by atoms with Crippen LogP contribution in [-0.4, -0.2) is 41.5 Å². The standard InChI is InChI=1S/C15H23N3O/c1-3-8-18-9-6-14(7-10-18)17-15(19)13-5-4-12(2)16-11-13/h4-5,11,14H,3,6-10H2,1-2H3,(H,17,19). The Kier molecular flexibility index (Phi) is 4.91. The Morgan fingerprint density at radius 2 is 2.16 bits per heavy atom. The molecule has 1 fully saturated rings. The minimum Gasteiger partial charge on any atom is -0.349 e. The first kappa shape index (κ1) is 14.0. The van der Waals surface area contributed by atoms with Crippen molar-refractivity contribution in [2.75, 3.05) is 19.6 Å². The van der Waals surface area contributed by atoms with Gasteiger partial charge in [-0.2, -0.15) is 0 Å². The first-order chi connectivity index (χ1) is 9.19. The number of hydrogen-bond acceptors (Lipinski definition) is 3. The zero-order valence-corrected chi connectivity index (χ0v) is 11.9. The van der Waals surface area contributed by atoms with E-state index in [9.17, 15) is 4.79 Å². The molecule has 0 spiro atoms. The SMILES string of the molecule is CCCN1CCC(NC(=O)c2ccc(C)nc2)CC1. The number of pyridine rings is 1. The van der Waals surface area contributed by atoms with Crippen molar-refractivity contribution in [3.8, 4) is 0 Å². The highest BCUT2D eigenvalue weighted by molar-refractivity contribution is 5.94. The number of likely N-dealkylation sites (tertiary alicyclic amines) is 1. The van der Waals surface area contributed by atoms with Gasteiger partial charge in [-0.15, -0.1) is 0 Å². The fraction of sp³-hybridized carbons (Fsp3) is 0.600. The molecule has 1 aliphatic rings. The molecule has 2 heterocycles. The Morgan fingerprint density at radius 1 is 1.42 bits per heavy atom. The summed E-state index contributed by atoms with van der Waals surface area (Å²) in [6.07, 6.45) is 4.94. The lowest BCUT2D eigenvalue weighted by Crippen LogP contribution is -2.44. The van der Waals surface area contributed by atoms with Gasteiger partial charge in [-0.1, -0.05) is 6.92 Å². The Labute approximate surface area is 115 Å². The fourth-order valence-electron chi connectivity index (χ4n) is 2.49. The summed E-state index contributed by atoms with van der Waals surface area (Å²) in [5, 5.41) is 3.11. The van der Waals surface area contributed by atoms with Crippen LogP contribution in [0, 0.1) is 6.92 Å². The summed E-state index contributed by atoms with van der Waals surface area (Å²) < 4.78 is 0. The zero-order chi connectivity index (χ0) is 13.7. The van der Waals surface area contributed by atoms with E-state index in [0.717, 1.165) is 31.6 Å². The predicted molar refractivity (Wildman–Crippen MR) is 76.2 cm³/mol. The zero-order valence-electron chi connectivity index (χ0n) is 11.9. The van der Waals surface area contributed by atoms with Gasteiger partial charge in [0.05, 0.1) is 5.56 Å². The number of rotatable bonds is 4. The number of carbonyl (C=O) groups excluding carboxylic acids is 1. The van der Waals surface area contributed by atoms with Gasteiger partial charge in [-0.3, -0.25) is 9.78 Å². The van der Waals surface area contributed by atoms with E-state index in [-0.39, 0.29) is 5.91 Å². The third-order valence-electron chi connectivity index (χ3n) is 3.64. The quantitative estimate of drug-likeness (QED) is 0.901. The lowest BCUT2D eigenvalue weighted by Gasteiger charge is -2.32. The molecule has 104 valence electrons.